The Morgan fingerprint density at radius 1 is 0.371 bits per heavy atom. The molecule has 14 rings (SSSR count). The number of aromatic amines is 4. The number of carbonyl (C=O) groups is 2. The van der Waals surface area contributed by atoms with Gasteiger partial charge in [-0.15, -0.1) is 0 Å². The van der Waals surface area contributed by atoms with Crippen LogP contribution in [0.4, 0.5) is 34.6 Å². The van der Waals surface area contributed by atoms with Gasteiger partial charge in [-0.05, 0) is 91.0 Å². The Labute approximate surface area is 605 Å². The fraction of sp³-hybridized carbons (Fsp3) is 0.229. The van der Waals surface area contributed by atoms with Crippen LogP contribution in [0, 0.1) is 10.1 Å². The highest BCUT2D eigenvalue weighted by molar-refractivity contribution is 6.19. The fourth-order valence-electron chi connectivity index (χ4n) is 6.24. The van der Waals surface area contributed by atoms with Gasteiger partial charge in [0, 0.05) is 55.6 Å². The van der Waals surface area contributed by atoms with Gasteiger partial charge < -0.3 is 53.7 Å². The molecule has 0 spiro atoms. The summed E-state index contributed by atoms with van der Waals surface area (Å²) in [6.07, 6.45) is 20.6. The van der Waals surface area contributed by atoms with E-state index in [1.54, 1.807) is 110 Å². The number of nitrogen functional groups attached to an aromatic ring is 5. The molecule has 0 unspecified atom stereocenters. The molecule has 35 nitrogen and oxygen atoms in total. The molecule has 14 heterocycles. The third-order valence-corrected chi connectivity index (χ3v) is 10.1. The summed E-state index contributed by atoms with van der Waals surface area (Å²) in [5.74, 6) is -0.258. The van der Waals surface area contributed by atoms with Gasteiger partial charge in [-0.2, -0.15) is 0 Å². The van der Waals surface area contributed by atoms with E-state index in [4.69, 9.17) is 43.4 Å². The van der Waals surface area contributed by atoms with E-state index in [0.29, 0.717) is 79.1 Å². The van der Waals surface area contributed by atoms with Gasteiger partial charge in [0.25, 0.3) is 22.2 Å². The number of nitro groups is 1. The quantitative estimate of drug-likeness (QED) is 0.0333. The average molecular weight is 1440 g/mol. The molecule has 0 amide bonds. The maximum absolute atomic E-state index is 10.7. The number of carboxylic acid groups (broad SMARTS) is 1. The topological polar surface area (TPSA) is 565 Å². The number of aliphatic carboxylic acids is 1. The highest BCUT2D eigenvalue weighted by Gasteiger charge is 2.09. The lowest BCUT2D eigenvalue weighted by Crippen LogP contribution is -2.05. The van der Waals surface area contributed by atoms with Gasteiger partial charge in [-0.1, -0.05) is 111 Å². The third-order valence-electron chi connectivity index (χ3n) is 10.1. The van der Waals surface area contributed by atoms with Crippen LogP contribution in [0.5, 0.6) is 0 Å². The van der Waals surface area contributed by atoms with Crippen molar-refractivity contribution in [3.8, 4) is 0 Å². The first kappa shape index (κ1) is 95.2. The predicted octanol–water partition coefficient (Wildman–Crippen LogP) is 10.8. The zero-order valence-electron chi connectivity index (χ0n) is 61.6. The third kappa shape index (κ3) is 38.8. The number of aromatic nitrogens is 20. The largest absolute Gasteiger partial charge is 0.476 e. The molecule has 0 bridgehead atoms. The smallest absolute Gasteiger partial charge is 0.368 e. The number of hydrogen-bond acceptors (Lipinski definition) is 29. The predicted molar refractivity (Wildman–Crippen MR) is 417 cm³/mol. The number of H-pyrrole nitrogens is 4. The van der Waals surface area contributed by atoms with Gasteiger partial charge >= 0.3 is 11.7 Å². The second-order valence-electron chi connectivity index (χ2n) is 16.4. The number of pyridine rings is 8. The minimum absolute atomic E-state index is 0.0486. The monoisotopic (exact) mass is 1440 g/mol. The summed E-state index contributed by atoms with van der Waals surface area (Å²) in [5, 5.41) is 17.5. The average Bonchev–Trinajstić information content (AvgIpc) is 0.889. The number of rotatable bonds is 2. The van der Waals surface area contributed by atoms with Gasteiger partial charge in [0.2, 0.25) is 12.1 Å². The second-order valence-corrected chi connectivity index (χ2v) is 16.4. The first-order chi connectivity index (χ1) is 51.0. The standard InChI is InChI=1S/2C7H6N4.4C7H5N3O.C5H5N3O2.C5H7N3.C2H2O3.8C2H6/c8-6-4-10-7-5(11-6)2-1-3-9-7;8-6-4-10-5-2-1-3-9-7(5)11-6;2*11-6-4-9-7-5(10-6)2-1-3-8-7;2*11-6-4-9-5-2-1-3-8-7(5)10-6;6-5-4(8(9)10)2-1-3-7-5;6-4-2-1-3-8-5(4)7;3-1-2(4)5;8*1-2/h1-4H,(H2,8,11);1-4H,(H2,8,9,11);2*1-4H,(H,10,11);2*1-4H,(H,8,10,11);1-3H,(H2,6,7);1-3H,6H2,(H2,7,8);1H,(H,4,5);8*1-2H3. The molecule has 14 aromatic heterocycles. The summed E-state index contributed by atoms with van der Waals surface area (Å²) in [6, 6.07) is 27.7. The zero-order valence-corrected chi connectivity index (χ0v) is 61.6. The molecule has 558 valence electrons. The highest BCUT2D eigenvalue weighted by Crippen LogP contribution is 2.16. The Morgan fingerprint density at radius 3 is 1.09 bits per heavy atom. The SMILES string of the molecule is CC.CC.CC.CC.CC.CC.CC.CC.Nc1cccnc1N.Nc1cnc2cccnc2n1.Nc1cnc2ncccc2n1.Nc1ncccc1[N+](=O)[O-].O=CC(=O)O.O=c1cnc2cccnc2[nH]1.O=c1cnc2cccnc2[nH]1.O=c1cnc2ncccc2[nH]1.O=c1cnc2ncccc2[nH]1. The van der Waals surface area contributed by atoms with E-state index in [9.17, 15) is 29.3 Å². The fourth-order valence-corrected chi connectivity index (χ4v) is 6.24. The van der Waals surface area contributed by atoms with Crippen LogP contribution in [-0.4, -0.2) is 122 Å². The number of nitrogens with one attached hydrogen (secondary N) is 4. The Bertz CT molecular complexity index is 4470. The Kier molecular flexibility index (Phi) is 54.4. The number of aldehydes is 1. The number of carboxylic acids is 1. The summed E-state index contributed by atoms with van der Waals surface area (Å²) >= 11 is 0. The van der Waals surface area contributed by atoms with Crippen LogP contribution < -0.4 is 50.9 Å². The molecule has 0 aromatic carbocycles. The van der Waals surface area contributed by atoms with Crippen LogP contribution in [-0.2, 0) is 9.59 Å². The van der Waals surface area contributed by atoms with Crippen molar-refractivity contribution in [2.24, 2.45) is 0 Å². The second kappa shape index (κ2) is 60.0. The molecule has 0 saturated carbocycles. The number of hydrogen-bond donors (Lipinski definition) is 10. The molecular formula is C70H94N26O9. The maximum atomic E-state index is 10.7. The number of fused-ring (bicyclic) bond motifs is 6. The first-order valence-corrected chi connectivity index (χ1v) is 32.8. The van der Waals surface area contributed by atoms with Crippen molar-refractivity contribution in [1.29, 1.82) is 0 Å². The Hall–Kier alpha value is -14.0. The van der Waals surface area contributed by atoms with E-state index < -0.39 is 10.9 Å². The number of carbonyl (C=O) groups excluding carboxylic acids is 1. The van der Waals surface area contributed by atoms with Crippen LogP contribution in [0.15, 0.2) is 203 Å². The van der Waals surface area contributed by atoms with E-state index in [0.717, 1.165) is 11.0 Å². The number of nitrogens with zero attached hydrogens (tertiary/aromatic N) is 17. The summed E-state index contributed by atoms with van der Waals surface area (Å²) in [5.41, 5.74) is 33.8. The van der Waals surface area contributed by atoms with Gasteiger partial charge in [0.1, 0.15) is 39.5 Å². The summed E-state index contributed by atoms with van der Waals surface area (Å²) in [4.78, 5) is 143. The van der Waals surface area contributed by atoms with Gasteiger partial charge in [0.05, 0.1) is 58.8 Å². The molecule has 105 heavy (non-hydrogen) atoms. The number of anilines is 5. The number of nitrogens with two attached hydrogens (primary N) is 5. The molecule has 0 aliphatic rings. The summed E-state index contributed by atoms with van der Waals surface area (Å²) in [6.45, 7) is 32.0. The lowest BCUT2D eigenvalue weighted by molar-refractivity contribution is -0.384. The minimum Gasteiger partial charge on any atom is -0.476 e. The summed E-state index contributed by atoms with van der Waals surface area (Å²) in [7, 11) is 0. The highest BCUT2D eigenvalue weighted by atomic mass is 16.6. The normalized spacial score (nSPS) is 8.72. The molecule has 14 aromatic rings. The Balaban J connectivity index is -0.00000109. The minimum atomic E-state index is -1.43. The molecule has 0 atom stereocenters. The van der Waals surface area contributed by atoms with Gasteiger partial charge in [0.15, 0.2) is 33.9 Å². The molecule has 35 heteroatoms. The molecule has 15 N–H and O–H groups in total. The molecular weight excluding hydrogens is 1350 g/mol. The van der Waals surface area contributed by atoms with Crippen molar-refractivity contribution in [3.05, 3.63) is 235 Å². The van der Waals surface area contributed by atoms with Crippen LogP contribution in [0.25, 0.3) is 67.0 Å². The maximum Gasteiger partial charge on any atom is 0.368 e. The van der Waals surface area contributed by atoms with E-state index >= 15 is 0 Å². The lowest BCUT2D eigenvalue weighted by Gasteiger charge is -1.94. The molecule has 0 aliphatic heterocycles. The van der Waals surface area contributed by atoms with E-state index in [-0.39, 0.29) is 40.0 Å². The van der Waals surface area contributed by atoms with Crippen LogP contribution in [0.1, 0.15) is 111 Å². The lowest BCUT2D eigenvalue weighted by atomic mass is 10.4. The van der Waals surface area contributed by atoms with Crippen molar-refractivity contribution >= 4 is 114 Å². The zero-order chi connectivity index (χ0) is 79.9. The van der Waals surface area contributed by atoms with E-state index in [2.05, 4.69) is 99.7 Å². The van der Waals surface area contributed by atoms with Gasteiger partial charge in [-0.25, -0.2) is 84.5 Å². The first-order valence-electron chi connectivity index (χ1n) is 32.8. The van der Waals surface area contributed by atoms with Crippen molar-refractivity contribution in [2.45, 2.75) is 111 Å². The van der Waals surface area contributed by atoms with Crippen molar-refractivity contribution in [1.82, 2.24) is 99.7 Å². The van der Waals surface area contributed by atoms with Crippen LogP contribution >= 0.6 is 0 Å². The van der Waals surface area contributed by atoms with Crippen molar-refractivity contribution < 1.29 is 19.6 Å². The van der Waals surface area contributed by atoms with Crippen LogP contribution in [0.3, 0.4) is 0 Å². The van der Waals surface area contributed by atoms with E-state index in [1.165, 1.54) is 55.5 Å². The molecule has 0 saturated heterocycles. The molecule has 0 fully saturated rings. The van der Waals surface area contributed by atoms with Gasteiger partial charge in [-0.3, -0.25) is 34.1 Å². The van der Waals surface area contributed by atoms with Crippen molar-refractivity contribution in [2.75, 3.05) is 28.7 Å². The Morgan fingerprint density at radius 2 is 0.686 bits per heavy atom. The van der Waals surface area contributed by atoms with Crippen molar-refractivity contribution in [3.63, 3.8) is 0 Å². The van der Waals surface area contributed by atoms with E-state index in [1.807, 2.05) is 129 Å². The van der Waals surface area contributed by atoms with Crippen LogP contribution in [0.2, 0.25) is 0 Å². The summed E-state index contributed by atoms with van der Waals surface area (Å²) < 4.78 is 0. The molecule has 0 radical (unpaired) electrons. The molecule has 0 aliphatic carbocycles.